The number of aryl methyl sites for hydroxylation is 3. The van der Waals surface area contributed by atoms with Gasteiger partial charge < -0.3 is 4.74 Å². The molecule has 0 saturated heterocycles. The predicted octanol–water partition coefficient (Wildman–Crippen LogP) is 2.58. The van der Waals surface area contributed by atoms with Crippen LogP contribution in [0.3, 0.4) is 0 Å². The summed E-state index contributed by atoms with van der Waals surface area (Å²) in [6.07, 6.45) is 0. The summed E-state index contributed by atoms with van der Waals surface area (Å²) in [6.45, 7) is 4.97. The summed E-state index contributed by atoms with van der Waals surface area (Å²) in [5.74, 6) is -0.693. The molecular weight excluding hydrogens is 378 g/mol. The number of benzene rings is 2. The van der Waals surface area contributed by atoms with E-state index in [9.17, 15) is 13.2 Å². The first-order chi connectivity index (χ1) is 13.3. The minimum Gasteiger partial charge on any atom is -0.458 e. The van der Waals surface area contributed by atoms with Gasteiger partial charge in [0.05, 0.1) is 27.3 Å². The summed E-state index contributed by atoms with van der Waals surface area (Å²) in [7, 11) is -3.79. The lowest BCUT2D eigenvalue weighted by atomic mass is 10.1. The van der Waals surface area contributed by atoms with Gasteiger partial charge in [-0.2, -0.15) is 4.72 Å². The molecule has 0 aliphatic carbocycles. The Morgan fingerprint density at radius 2 is 1.68 bits per heavy atom. The molecule has 7 nitrogen and oxygen atoms in total. The van der Waals surface area contributed by atoms with Crippen molar-refractivity contribution in [3.05, 3.63) is 65.0 Å². The van der Waals surface area contributed by atoms with Crippen molar-refractivity contribution in [3.63, 3.8) is 0 Å². The Balaban J connectivity index is 1.61. The third kappa shape index (κ3) is 4.52. The lowest BCUT2D eigenvalue weighted by molar-refractivity contribution is -0.143. The normalized spacial score (nSPS) is 11.5. The van der Waals surface area contributed by atoms with Crippen molar-refractivity contribution in [1.82, 2.24) is 14.7 Å². The molecule has 0 bridgehead atoms. The van der Waals surface area contributed by atoms with Gasteiger partial charge in [-0.05, 0) is 56.2 Å². The first-order valence-electron chi connectivity index (χ1n) is 8.71. The van der Waals surface area contributed by atoms with Gasteiger partial charge in [0.2, 0.25) is 10.0 Å². The van der Waals surface area contributed by atoms with Gasteiger partial charge in [-0.15, -0.1) is 0 Å². The number of hydrogen-bond donors (Lipinski definition) is 1. The molecule has 1 aromatic heterocycles. The van der Waals surface area contributed by atoms with Crippen LogP contribution in [0.2, 0.25) is 0 Å². The maximum absolute atomic E-state index is 12.3. The molecule has 0 aliphatic rings. The Hall–Kier alpha value is -2.84. The van der Waals surface area contributed by atoms with Gasteiger partial charge in [-0.1, -0.05) is 18.2 Å². The smallest absolute Gasteiger partial charge is 0.321 e. The van der Waals surface area contributed by atoms with Gasteiger partial charge in [0, 0.05) is 0 Å². The fourth-order valence-electron chi connectivity index (χ4n) is 2.58. The van der Waals surface area contributed by atoms with E-state index in [1.54, 1.807) is 19.1 Å². The largest absolute Gasteiger partial charge is 0.458 e. The monoisotopic (exact) mass is 399 g/mol. The molecule has 1 heterocycles. The number of fused-ring (bicyclic) bond motifs is 1. The third-order valence-corrected chi connectivity index (χ3v) is 5.81. The molecule has 0 aliphatic heterocycles. The predicted molar refractivity (Wildman–Crippen MR) is 105 cm³/mol. The zero-order valence-corrected chi connectivity index (χ0v) is 16.7. The molecule has 2 aromatic carbocycles. The number of nitrogens with one attached hydrogen (secondary N) is 1. The van der Waals surface area contributed by atoms with Gasteiger partial charge in [-0.3, -0.25) is 4.79 Å². The summed E-state index contributed by atoms with van der Waals surface area (Å²) < 4.78 is 32.1. The van der Waals surface area contributed by atoms with Crippen molar-refractivity contribution in [1.29, 1.82) is 0 Å². The minimum atomic E-state index is -3.79. The molecule has 0 atom stereocenters. The number of aromatic nitrogens is 2. The van der Waals surface area contributed by atoms with E-state index in [4.69, 9.17) is 4.74 Å². The molecule has 3 aromatic rings. The standard InChI is InChI=1S/C20H21N3O4S/c1-13-8-9-16(10-14(13)2)28(25,26)21-11-20(24)27-12-19-15(3)22-17-6-4-5-7-18(17)23-19/h4-10,21H,11-12H2,1-3H3. The quantitative estimate of drug-likeness (QED) is 0.640. The SMILES string of the molecule is Cc1ccc(S(=O)(=O)NCC(=O)OCc2nc3ccccc3nc2C)cc1C. The number of ether oxygens (including phenoxy) is 1. The number of carbonyl (C=O) groups excluding carboxylic acids is 1. The molecule has 146 valence electrons. The van der Waals surface area contributed by atoms with Crippen molar-refractivity contribution < 1.29 is 17.9 Å². The van der Waals surface area contributed by atoms with E-state index in [2.05, 4.69) is 14.7 Å². The van der Waals surface area contributed by atoms with Crippen molar-refractivity contribution in [2.75, 3.05) is 6.54 Å². The molecule has 3 rings (SSSR count). The summed E-state index contributed by atoms with van der Waals surface area (Å²) in [5.41, 5.74) is 4.50. The van der Waals surface area contributed by atoms with Gasteiger partial charge in [-0.25, -0.2) is 18.4 Å². The summed E-state index contributed by atoms with van der Waals surface area (Å²) in [5, 5.41) is 0. The van der Waals surface area contributed by atoms with Crippen molar-refractivity contribution >= 4 is 27.0 Å². The number of carbonyl (C=O) groups is 1. The molecule has 0 saturated carbocycles. The molecule has 0 fully saturated rings. The Labute approximate surface area is 163 Å². The zero-order valence-electron chi connectivity index (χ0n) is 15.9. The van der Waals surface area contributed by atoms with Crippen LogP contribution in [0.4, 0.5) is 0 Å². The molecule has 8 heteroatoms. The van der Waals surface area contributed by atoms with E-state index < -0.39 is 22.5 Å². The Morgan fingerprint density at radius 3 is 2.36 bits per heavy atom. The second-order valence-electron chi connectivity index (χ2n) is 6.48. The van der Waals surface area contributed by atoms with Crippen LogP contribution in [0.5, 0.6) is 0 Å². The van der Waals surface area contributed by atoms with Crippen LogP contribution in [0.15, 0.2) is 47.4 Å². The van der Waals surface area contributed by atoms with Gasteiger partial charge in [0.15, 0.2) is 0 Å². The molecule has 0 unspecified atom stereocenters. The highest BCUT2D eigenvalue weighted by Gasteiger charge is 2.17. The van der Waals surface area contributed by atoms with Crippen LogP contribution < -0.4 is 4.72 Å². The highest BCUT2D eigenvalue weighted by molar-refractivity contribution is 7.89. The summed E-state index contributed by atoms with van der Waals surface area (Å²) in [4.78, 5) is 21.0. The minimum absolute atomic E-state index is 0.0755. The van der Waals surface area contributed by atoms with Crippen molar-refractivity contribution in [3.8, 4) is 0 Å². The number of sulfonamides is 1. The highest BCUT2D eigenvalue weighted by Crippen LogP contribution is 2.15. The fourth-order valence-corrected chi connectivity index (χ4v) is 3.63. The number of esters is 1. The van der Waals surface area contributed by atoms with Gasteiger partial charge >= 0.3 is 5.97 Å². The molecular formula is C20H21N3O4S. The van der Waals surface area contributed by atoms with Crippen LogP contribution in [0.25, 0.3) is 11.0 Å². The Kier molecular flexibility index (Phi) is 5.71. The van der Waals surface area contributed by atoms with E-state index >= 15 is 0 Å². The molecule has 0 amide bonds. The topological polar surface area (TPSA) is 98.2 Å². The molecule has 0 radical (unpaired) electrons. The van der Waals surface area contributed by atoms with E-state index in [0.717, 1.165) is 16.6 Å². The maximum atomic E-state index is 12.3. The number of nitrogens with zero attached hydrogens (tertiary/aromatic N) is 2. The third-order valence-electron chi connectivity index (χ3n) is 4.41. The van der Waals surface area contributed by atoms with Crippen molar-refractivity contribution in [2.24, 2.45) is 0 Å². The Morgan fingerprint density at radius 1 is 1.00 bits per heavy atom. The average molecular weight is 399 g/mol. The van der Waals surface area contributed by atoms with Crippen LogP contribution in [-0.2, 0) is 26.2 Å². The van der Waals surface area contributed by atoms with Crippen LogP contribution in [0, 0.1) is 20.8 Å². The van der Waals surface area contributed by atoms with E-state index in [1.165, 1.54) is 6.07 Å². The Bertz CT molecular complexity index is 1140. The molecule has 1 N–H and O–H groups in total. The van der Waals surface area contributed by atoms with E-state index in [-0.39, 0.29) is 11.5 Å². The maximum Gasteiger partial charge on any atom is 0.321 e. The second kappa shape index (κ2) is 8.04. The first-order valence-corrected chi connectivity index (χ1v) is 10.2. The van der Waals surface area contributed by atoms with Crippen LogP contribution in [0.1, 0.15) is 22.5 Å². The lowest BCUT2D eigenvalue weighted by Gasteiger charge is -2.10. The summed E-state index contributed by atoms with van der Waals surface area (Å²) >= 11 is 0. The molecule has 0 spiro atoms. The fraction of sp³-hybridized carbons (Fsp3) is 0.250. The first kappa shape index (κ1) is 19.9. The van der Waals surface area contributed by atoms with Gasteiger partial charge in [0.25, 0.3) is 0 Å². The van der Waals surface area contributed by atoms with Crippen LogP contribution >= 0.6 is 0 Å². The second-order valence-corrected chi connectivity index (χ2v) is 8.24. The number of rotatable bonds is 6. The highest BCUT2D eigenvalue weighted by atomic mass is 32.2. The average Bonchev–Trinajstić information content (AvgIpc) is 2.66. The zero-order chi connectivity index (χ0) is 20.3. The van der Waals surface area contributed by atoms with E-state index in [0.29, 0.717) is 16.9 Å². The van der Waals surface area contributed by atoms with Crippen LogP contribution in [-0.4, -0.2) is 30.9 Å². The molecule has 28 heavy (non-hydrogen) atoms. The van der Waals surface area contributed by atoms with Crippen molar-refractivity contribution in [2.45, 2.75) is 32.3 Å². The lowest BCUT2D eigenvalue weighted by Crippen LogP contribution is -2.30. The number of hydrogen-bond acceptors (Lipinski definition) is 6. The summed E-state index contributed by atoms with van der Waals surface area (Å²) in [6, 6.07) is 12.2. The van der Waals surface area contributed by atoms with E-state index in [1.807, 2.05) is 38.1 Å². The van der Waals surface area contributed by atoms with Gasteiger partial charge in [0.1, 0.15) is 13.2 Å². The number of para-hydroxylation sites is 2.